The van der Waals surface area contributed by atoms with Crippen LogP contribution in [0.1, 0.15) is 21.6 Å². The molecule has 0 unspecified atom stereocenters. The minimum Gasteiger partial charge on any atom is -0.497 e. The lowest BCUT2D eigenvalue weighted by Gasteiger charge is -2.17. The zero-order valence-corrected chi connectivity index (χ0v) is 16.3. The summed E-state index contributed by atoms with van der Waals surface area (Å²) in [7, 11) is 3.46. The molecule has 3 aromatic rings. The van der Waals surface area contributed by atoms with Crippen LogP contribution in [0.25, 0.3) is 0 Å². The van der Waals surface area contributed by atoms with Gasteiger partial charge in [0.25, 0.3) is 5.91 Å². The summed E-state index contributed by atoms with van der Waals surface area (Å²) in [5, 5.41) is 3.36. The van der Waals surface area contributed by atoms with Gasteiger partial charge in [-0.05, 0) is 41.8 Å². The van der Waals surface area contributed by atoms with Gasteiger partial charge in [0.05, 0.1) is 7.11 Å². The summed E-state index contributed by atoms with van der Waals surface area (Å²) in [4.78, 5) is 18.6. The van der Waals surface area contributed by atoms with Crippen molar-refractivity contribution in [2.75, 3.05) is 26.0 Å². The van der Waals surface area contributed by atoms with Crippen molar-refractivity contribution in [2.45, 2.75) is 13.0 Å². The number of anilines is 1. The number of carbonyl (C=O) groups is 1. The van der Waals surface area contributed by atoms with Crippen LogP contribution in [0.5, 0.6) is 5.75 Å². The molecule has 0 spiro atoms. The van der Waals surface area contributed by atoms with Crippen molar-refractivity contribution in [3.8, 4) is 5.75 Å². The molecule has 0 saturated carbocycles. The molecule has 0 aliphatic rings. The molecule has 1 aromatic heterocycles. The number of nitrogens with zero attached hydrogens (tertiary/aromatic N) is 2. The molecule has 0 fully saturated rings. The molecule has 2 aromatic carbocycles. The molecule has 1 heterocycles. The van der Waals surface area contributed by atoms with Crippen molar-refractivity contribution in [2.24, 2.45) is 0 Å². The van der Waals surface area contributed by atoms with E-state index < -0.39 is 0 Å². The third kappa shape index (κ3) is 5.33. The van der Waals surface area contributed by atoms with E-state index in [1.54, 1.807) is 31.3 Å². The summed E-state index contributed by atoms with van der Waals surface area (Å²) in [6.45, 7) is 1.31. The lowest BCUT2D eigenvalue weighted by molar-refractivity contribution is 0.0779. The van der Waals surface area contributed by atoms with E-state index >= 15 is 0 Å². The molecule has 0 saturated heterocycles. The largest absolute Gasteiger partial charge is 0.497 e. The molecule has 3 rings (SSSR count). The Hall–Kier alpha value is -3.34. The van der Waals surface area contributed by atoms with Crippen LogP contribution in [-0.4, -0.2) is 36.5 Å². The van der Waals surface area contributed by atoms with E-state index in [4.69, 9.17) is 4.74 Å². The Labute approximate surface area is 166 Å². The van der Waals surface area contributed by atoms with Gasteiger partial charge in [0.2, 0.25) is 0 Å². The average molecular weight is 375 g/mol. The van der Waals surface area contributed by atoms with E-state index in [9.17, 15) is 4.79 Å². The number of ether oxygens (including phenoxy) is 1. The van der Waals surface area contributed by atoms with Crippen LogP contribution in [-0.2, 0) is 13.0 Å². The molecular weight excluding hydrogens is 350 g/mol. The predicted octanol–water partition coefficient (Wildman–Crippen LogP) is 4.02. The molecule has 0 aliphatic carbocycles. The van der Waals surface area contributed by atoms with Gasteiger partial charge in [0.1, 0.15) is 11.4 Å². The van der Waals surface area contributed by atoms with E-state index in [1.807, 2.05) is 54.6 Å². The molecule has 144 valence electrons. The highest BCUT2D eigenvalue weighted by Crippen LogP contribution is 2.14. The Morgan fingerprint density at radius 3 is 2.61 bits per heavy atom. The van der Waals surface area contributed by atoms with Crippen molar-refractivity contribution < 1.29 is 9.53 Å². The highest BCUT2D eigenvalue weighted by Gasteiger charge is 2.14. The monoisotopic (exact) mass is 375 g/mol. The van der Waals surface area contributed by atoms with Crippen LogP contribution in [0.3, 0.4) is 0 Å². The molecule has 0 bridgehead atoms. The second-order valence-electron chi connectivity index (χ2n) is 6.60. The molecule has 0 atom stereocenters. The summed E-state index contributed by atoms with van der Waals surface area (Å²) in [5.41, 5.74) is 3.60. The lowest BCUT2D eigenvalue weighted by Crippen LogP contribution is -2.27. The summed E-state index contributed by atoms with van der Waals surface area (Å²) < 4.78 is 5.26. The Kier molecular flexibility index (Phi) is 6.63. The SMILES string of the molecule is COc1cccc(CCNc2ccnc(C(=O)N(C)Cc3ccccc3)c2)c1. The first-order valence-electron chi connectivity index (χ1n) is 9.28. The maximum atomic E-state index is 12.7. The summed E-state index contributed by atoms with van der Waals surface area (Å²) >= 11 is 0. The Morgan fingerprint density at radius 2 is 1.82 bits per heavy atom. The first-order valence-corrected chi connectivity index (χ1v) is 9.28. The van der Waals surface area contributed by atoms with Crippen molar-refractivity contribution in [1.82, 2.24) is 9.88 Å². The topological polar surface area (TPSA) is 54.5 Å². The average Bonchev–Trinajstić information content (AvgIpc) is 2.74. The number of hydrogen-bond acceptors (Lipinski definition) is 4. The third-order valence-electron chi connectivity index (χ3n) is 4.47. The van der Waals surface area contributed by atoms with Crippen molar-refractivity contribution >= 4 is 11.6 Å². The highest BCUT2D eigenvalue weighted by atomic mass is 16.5. The van der Waals surface area contributed by atoms with Crippen LogP contribution in [0.4, 0.5) is 5.69 Å². The molecule has 5 heteroatoms. The molecule has 1 amide bonds. The summed E-state index contributed by atoms with van der Waals surface area (Å²) in [6.07, 6.45) is 2.52. The number of pyridine rings is 1. The standard InChI is InChI=1S/C23H25N3O2/c1-26(17-19-7-4-3-5-8-19)23(27)22-16-20(12-14-25-22)24-13-11-18-9-6-10-21(15-18)28-2/h3-10,12,14-16H,11,13,17H2,1-2H3,(H,24,25). The number of methoxy groups -OCH3 is 1. The van der Waals surface area contributed by atoms with E-state index in [0.717, 1.165) is 30.0 Å². The quantitative estimate of drug-likeness (QED) is 0.646. The fraction of sp³-hybridized carbons (Fsp3) is 0.217. The number of nitrogens with one attached hydrogen (secondary N) is 1. The Balaban J connectivity index is 1.57. The maximum absolute atomic E-state index is 12.7. The van der Waals surface area contributed by atoms with E-state index in [1.165, 1.54) is 5.56 Å². The summed E-state index contributed by atoms with van der Waals surface area (Å²) in [6, 6.07) is 21.6. The molecule has 0 aliphatic heterocycles. The Morgan fingerprint density at radius 1 is 1.04 bits per heavy atom. The van der Waals surface area contributed by atoms with Crippen molar-refractivity contribution in [1.29, 1.82) is 0 Å². The van der Waals surface area contributed by atoms with E-state index in [0.29, 0.717) is 12.2 Å². The van der Waals surface area contributed by atoms with Crippen LogP contribution < -0.4 is 10.1 Å². The van der Waals surface area contributed by atoms with Crippen LogP contribution >= 0.6 is 0 Å². The van der Waals surface area contributed by atoms with Gasteiger partial charge >= 0.3 is 0 Å². The van der Waals surface area contributed by atoms with Crippen LogP contribution in [0, 0.1) is 0 Å². The van der Waals surface area contributed by atoms with Gasteiger partial charge < -0.3 is 15.0 Å². The fourth-order valence-electron chi connectivity index (χ4n) is 2.96. The molecule has 0 radical (unpaired) electrons. The van der Waals surface area contributed by atoms with Gasteiger partial charge in [-0.25, -0.2) is 0 Å². The van der Waals surface area contributed by atoms with Gasteiger partial charge in [0, 0.05) is 32.0 Å². The number of benzene rings is 2. The third-order valence-corrected chi connectivity index (χ3v) is 4.47. The summed E-state index contributed by atoms with van der Waals surface area (Å²) in [5.74, 6) is 0.760. The lowest BCUT2D eigenvalue weighted by atomic mass is 10.1. The zero-order valence-electron chi connectivity index (χ0n) is 16.3. The smallest absolute Gasteiger partial charge is 0.272 e. The second-order valence-corrected chi connectivity index (χ2v) is 6.60. The molecule has 28 heavy (non-hydrogen) atoms. The van der Waals surface area contributed by atoms with Crippen LogP contribution in [0.2, 0.25) is 0 Å². The van der Waals surface area contributed by atoms with Gasteiger partial charge in [0.15, 0.2) is 0 Å². The minimum atomic E-state index is -0.0969. The first kappa shape index (κ1) is 19.4. The normalized spacial score (nSPS) is 10.4. The number of amides is 1. The number of rotatable bonds is 8. The fourth-order valence-corrected chi connectivity index (χ4v) is 2.96. The number of aromatic nitrogens is 1. The first-order chi connectivity index (χ1) is 13.7. The molecule has 5 nitrogen and oxygen atoms in total. The van der Waals surface area contributed by atoms with Gasteiger partial charge in [-0.2, -0.15) is 0 Å². The number of hydrogen-bond donors (Lipinski definition) is 1. The van der Waals surface area contributed by atoms with E-state index in [2.05, 4.69) is 16.4 Å². The Bertz CT molecular complexity index is 912. The second kappa shape index (κ2) is 9.55. The molecule has 1 N–H and O–H groups in total. The van der Waals surface area contributed by atoms with Crippen LogP contribution in [0.15, 0.2) is 72.9 Å². The zero-order chi connectivity index (χ0) is 19.8. The van der Waals surface area contributed by atoms with Crippen molar-refractivity contribution in [3.63, 3.8) is 0 Å². The minimum absolute atomic E-state index is 0.0969. The number of carbonyl (C=O) groups excluding carboxylic acids is 1. The predicted molar refractivity (Wildman–Crippen MR) is 112 cm³/mol. The van der Waals surface area contributed by atoms with Gasteiger partial charge in [-0.15, -0.1) is 0 Å². The highest BCUT2D eigenvalue weighted by molar-refractivity contribution is 5.92. The van der Waals surface area contributed by atoms with Gasteiger partial charge in [-0.3, -0.25) is 9.78 Å². The molecular formula is C23H25N3O2. The van der Waals surface area contributed by atoms with Crippen molar-refractivity contribution in [3.05, 3.63) is 89.7 Å². The van der Waals surface area contributed by atoms with Gasteiger partial charge in [-0.1, -0.05) is 42.5 Å². The maximum Gasteiger partial charge on any atom is 0.272 e. The van der Waals surface area contributed by atoms with E-state index in [-0.39, 0.29) is 5.91 Å².